The third kappa shape index (κ3) is 3.28. The van der Waals surface area contributed by atoms with E-state index >= 15 is 0 Å². The molecular formula is C16H17FN4O. The zero-order valence-corrected chi connectivity index (χ0v) is 12.3. The summed E-state index contributed by atoms with van der Waals surface area (Å²) in [4.78, 5) is 20.0. The Morgan fingerprint density at radius 1 is 1.27 bits per heavy atom. The van der Waals surface area contributed by atoms with Crippen LogP contribution in [-0.2, 0) is 6.42 Å². The normalized spacial score (nSPS) is 15.9. The number of hydrogen-bond donors (Lipinski definition) is 2. The molecule has 3 rings (SSSR count). The molecule has 1 aromatic carbocycles. The highest BCUT2D eigenvalue weighted by Crippen LogP contribution is 2.23. The molecule has 0 saturated carbocycles. The number of aryl methyl sites for hydroxylation is 1. The molecule has 0 unspecified atom stereocenters. The summed E-state index contributed by atoms with van der Waals surface area (Å²) in [5.41, 5.74) is 0.844. The lowest BCUT2D eigenvalue weighted by Gasteiger charge is -2.35. The van der Waals surface area contributed by atoms with Crippen LogP contribution in [0.25, 0.3) is 0 Å². The van der Waals surface area contributed by atoms with Gasteiger partial charge in [0.1, 0.15) is 11.5 Å². The van der Waals surface area contributed by atoms with Crippen LogP contribution in [0.4, 0.5) is 10.1 Å². The van der Waals surface area contributed by atoms with E-state index in [1.165, 1.54) is 12.4 Å². The molecule has 2 N–H and O–H groups in total. The van der Waals surface area contributed by atoms with Crippen LogP contribution in [0.3, 0.4) is 0 Å². The van der Waals surface area contributed by atoms with Crippen LogP contribution in [0, 0.1) is 6.92 Å². The highest BCUT2D eigenvalue weighted by Gasteiger charge is 2.36. The summed E-state index contributed by atoms with van der Waals surface area (Å²) in [6.45, 7) is 2.56. The Kier molecular flexibility index (Phi) is 3.85. The molecule has 1 amide bonds. The highest BCUT2D eigenvalue weighted by molar-refractivity contribution is 6.03. The molecule has 22 heavy (non-hydrogen) atoms. The quantitative estimate of drug-likeness (QED) is 0.905. The van der Waals surface area contributed by atoms with Crippen LogP contribution >= 0.6 is 0 Å². The number of nitrogens with zero attached hydrogens (tertiary/aromatic N) is 2. The Morgan fingerprint density at radius 3 is 2.45 bits per heavy atom. The van der Waals surface area contributed by atoms with Gasteiger partial charge in [-0.2, -0.15) is 0 Å². The molecule has 2 heterocycles. The van der Waals surface area contributed by atoms with Gasteiger partial charge in [0.15, 0.2) is 0 Å². The Balaban J connectivity index is 1.63. The lowest BCUT2D eigenvalue weighted by Crippen LogP contribution is -2.57. The lowest BCUT2D eigenvalue weighted by atomic mass is 9.91. The molecular weight excluding hydrogens is 283 g/mol. The largest absolute Gasteiger partial charge is 0.322 e. The molecule has 0 aliphatic carbocycles. The summed E-state index contributed by atoms with van der Waals surface area (Å²) in [6, 6.07) is 7.22. The summed E-state index contributed by atoms with van der Waals surface area (Å²) in [5.74, 6) is 0.351. The molecule has 1 fully saturated rings. The standard InChI is InChI=1S/C16H17FN4O/c1-11-19-7-13(8-20-11)15(22)21-14-4-2-12(3-5-14)6-16(17)9-18-10-16/h2-5,7-8,18H,6,9-10H2,1H3,(H,21,22). The van der Waals surface area contributed by atoms with Crippen molar-refractivity contribution in [3.05, 3.63) is 53.6 Å². The zero-order valence-electron chi connectivity index (χ0n) is 12.3. The van der Waals surface area contributed by atoms with E-state index in [0.717, 1.165) is 5.56 Å². The number of alkyl halides is 1. The van der Waals surface area contributed by atoms with Crippen molar-refractivity contribution < 1.29 is 9.18 Å². The maximum Gasteiger partial charge on any atom is 0.258 e. The second kappa shape index (κ2) is 5.81. The molecule has 2 aromatic rings. The first-order chi connectivity index (χ1) is 10.5. The Bertz CT molecular complexity index is 666. The third-order valence-electron chi connectivity index (χ3n) is 3.66. The first kappa shape index (κ1) is 14.6. The molecule has 0 spiro atoms. The second-order valence-corrected chi connectivity index (χ2v) is 5.60. The molecule has 6 heteroatoms. The number of carbonyl (C=O) groups excluding carboxylic acids is 1. The van der Waals surface area contributed by atoms with Crippen LogP contribution < -0.4 is 10.6 Å². The number of nitrogens with one attached hydrogen (secondary N) is 2. The number of rotatable bonds is 4. The van der Waals surface area contributed by atoms with Crippen molar-refractivity contribution in [1.82, 2.24) is 15.3 Å². The van der Waals surface area contributed by atoms with E-state index < -0.39 is 5.67 Å². The van der Waals surface area contributed by atoms with Gasteiger partial charge in [-0.15, -0.1) is 0 Å². The molecule has 0 bridgehead atoms. The van der Waals surface area contributed by atoms with Gasteiger partial charge in [0.2, 0.25) is 0 Å². The van der Waals surface area contributed by atoms with E-state index in [9.17, 15) is 9.18 Å². The summed E-state index contributed by atoms with van der Waals surface area (Å²) in [5, 5.41) is 5.71. The summed E-state index contributed by atoms with van der Waals surface area (Å²) in [6.07, 6.45) is 3.37. The minimum atomic E-state index is -1.13. The first-order valence-electron chi connectivity index (χ1n) is 7.13. The fraction of sp³-hybridized carbons (Fsp3) is 0.312. The van der Waals surface area contributed by atoms with E-state index in [1.54, 1.807) is 19.1 Å². The van der Waals surface area contributed by atoms with E-state index in [-0.39, 0.29) is 5.91 Å². The van der Waals surface area contributed by atoms with Crippen molar-refractivity contribution in [3.63, 3.8) is 0 Å². The molecule has 114 valence electrons. The van der Waals surface area contributed by atoms with Crippen molar-refractivity contribution in [2.75, 3.05) is 18.4 Å². The maximum absolute atomic E-state index is 14.0. The summed E-state index contributed by atoms with van der Waals surface area (Å²) >= 11 is 0. The average Bonchev–Trinajstić information content (AvgIpc) is 2.48. The first-order valence-corrected chi connectivity index (χ1v) is 7.13. The average molecular weight is 300 g/mol. The molecule has 1 aliphatic rings. The summed E-state index contributed by atoms with van der Waals surface area (Å²) < 4.78 is 14.0. The number of anilines is 1. The van der Waals surface area contributed by atoms with Gasteiger partial charge in [-0.25, -0.2) is 14.4 Å². The van der Waals surface area contributed by atoms with E-state index in [2.05, 4.69) is 20.6 Å². The molecule has 5 nitrogen and oxygen atoms in total. The number of benzene rings is 1. The Morgan fingerprint density at radius 2 is 1.91 bits per heavy atom. The fourth-order valence-corrected chi connectivity index (χ4v) is 2.31. The summed E-state index contributed by atoms with van der Waals surface area (Å²) in [7, 11) is 0. The highest BCUT2D eigenvalue weighted by atomic mass is 19.1. The van der Waals surface area contributed by atoms with E-state index in [4.69, 9.17) is 0 Å². The SMILES string of the molecule is Cc1ncc(C(=O)Nc2ccc(CC3(F)CNC3)cc2)cn1. The number of halogens is 1. The molecule has 0 atom stereocenters. The Hall–Kier alpha value is -2.34. The van der Waals surface area contributed by atoms with E-state index in [0.29, 0.717) is 36.6 Å². The smallest absolute Gasteiger partial charge is 0.258 e. The zero-order chi connectivity index (χ0) is 15.6. The van der Waals surface area contributed by atoms with Gasteiger partial charge in [-0.3, -0.25) is 4.79 Å². The second-order valence-electron chi connectivity index (χ2n) is 5.60. The van der Waals surface area contributed by atoms with Crippen LogP contribution in [-0.4, -0.2) is 34.6 Å². The fourth-order valence-electron chi connectivity index (χ4n) is 2.31. The number of aromatic nitrogens is 2. The van der Waals surface area contributed by atoms with Crippen molar-refractivity contribution in [1.29, 1.82) is 0 Å². The minimum absolute atomic E-state index is 0.266. The van der Waals surface area contributed by atoms with Crippen molar-refractivity contribution in [2.45, 2.75) is 19.0 Å². The predicted octanol–water partition coefficient (Wildman–Crippen LogP) is 1.89. The number of carbonyl (C=O) groups is 1. The predicted molar refractivity (Wildman–Crippen MR) is 81.6 cm³/mol. The van der Waals surface area contributed by atoms with Gasteiger partial charge in [0.05, 0.1) is 5.56 Å². The lowest BCUT2D eigenvalue weighted by molar-refractivity contribution is 0.0911. The van der Waals surface area contributed by atoms with E-state index in [1.807, 2.05) is 12.1 Å². The third-order valence-corrected chi connectivity index (χ3v) is 3.66. The molecule has 1 saturated heterocycles. The minimum Gasteiger partial charge on any atom is -0.322 e. The van der Waals surface area contributed by atoms with Crippen molar-refractivity contribution in [3.8, 4) is 0 Å². The van der Waals surface area contributed by atoms with Crippen LogP contribution in [0.5, 0.6) is 0 Å². The molecule has 1 aliphatic heterocycles. The topological polar surface area (TPSA) is 66.9 Å². The van der Waals surface area contributed by atoms with Gasteiger partial charge >= 0.3 is 0 Å². The Labute approximate surface area is 128 Å². The van der Waals surface area contributed by atoms with Gasteiger partial charge < -0.3 is 10.6 Å². The maximum atomic E-state index is 14.0. The van der Waals surface area contributed by atoms with Gasteiger partial charge in [-0.1, -0.05) is 12.1 Å². The van der Waals surface area contributed by atoms with Crippen LogP contribution in [0.1, 0.15) is 21.7 Å². The molecule has 1 aromatic heterocycles. The van der Waals surface area contributed by atoms with Gasteiger partial charge in [0, 0.05) is 37.6 Å². The molecule has 0 radical (unpaired) electrons. The van der Waals surface area contributed by atoms with Crippen LogP contribution in [0.15, 0.2) is 36.7 Å². The van der Waals surface area contributed by atoms with Gasteiger partial charge in [0.25, 0.3) is 5.91 Å². The van der Waals surface area contributed by atoms with Crippen molar-refractivity contribution >= 4 is 11.6 Å². The van der Waals surface area contributed by atoms with Crippen molar-refractivity contribution in [2.24, 2.45) is 0 Å². The number of amides is 1. The van der Waals surface area contributed by atoms with Gasteiger partial charge in [-0.05, 0) is 24.6 Å². The number of hydrogen-bond acceptors (Lipinski definition) is 4. The van der Waals surface area contributed by atoms with Crippen LogP contribution in [0.2, 0.25) is 0 Å². The monoisotopic (exact) mass is 300 g/mol.